The summed E-state index contributed by atoms with van der Waals surface area (Å²) in [5.74, 6) is -1.67. The van der Waals surface area contributed by atoms with Gasteiger partial charge in [0.1, 0.15) is 0 Å². The van der Waals surface area contributed by atoms with Gasteiger partial charge in [-0.15, -0.1) is 0 Å². The molecule has 0 aromatic heterocycles. The fraction of sp³-hybridized carbons (Fsp3) is 0.235. The summed E-state index contributed by atoms with van der Waals surface area (Å²) >= 11 is 0. The molecule has 2 aromatic carbocycles. The monoisotopic (exact) mass is 332 g/mol. The van der Waals surface area contributed by atoms with Crippen LogP contribution in [0, 0.1) is 0 Å². The number of carbonyl (C=O) groups excluding carboxylic acids is 1. The van der Waals surface area contributed by atoms with E-state index < -0.39 is 33.9 Å². The molecule has 0 radical (unpaired) electrons. The average Bonchev–Trinajstić information content (AvgIpc) is 2.82. The smallest absolute Gasteiger partial charge is 0.316 e. The Morgan fingerprint density at radius 2 is 1.57 bits per heavy atom. The summed E-state index contributed by atoms with van der Waals surface area (Å²) in [6.45, 7) is 0. The Bertz CT molecular complexity index is 812. The fourth-order valence-electron chi connectivity index (χ4n) is 2.87. The van der Waals surface area contributed by atoms with Gasteiger partial charge in [-0.1, -0.05) is 42.5 Å². The van der Waals surface area contributed by atoms with Crippen molar-refractivity contribution >= 4 is 15.8 Å². The number of hydrogen-bond acceptors (Lipinski definition) is 5. The van der Waals surface area contributed by atoms with Crippen LogP contribution in [-0.2, 0) is 19.4 Å². The molecule has 5 nitrogen and oxygen atoms in total. The normalized spacial score (nSPS) is 24.4. The van der Waals surface area contributed by atoms with Gasteiger partial charge in [-0.2, -0.15) is 0 Å². The third-order valence-corrected chi connectivity index (χ3v) is 5.14. The van der Waals surface area contributed by atoms with Crippen molar-refractivity contribution in [2.45, 2.75) is 23.0 Å². The first-order chi connectivity index (χ1) is 10.9. The second-order valence-corrected chi connectivity index (χ2v) is 7.60. The van der Waals surface area contributed by atoms with Gasteiger partial charge in [0, 0.05) is 6.26 Å². The van der Waals surface area contributed by atoms with E-state index in [0.717, 1.165) is 11.8 Å². The maximum Gasteiger partial charge on any atom is 0.316 e. The van der Waals surface area contributed by atoms with Gasteiger partial charge >= 0.3 is 5.97 Å². The van der Waals surface area contributed by atoms with Crippen molar-refractivity contribution < 1.29 is 23.1 Å². The number of ether oxygens (including phenoxy) is 1. The van der Waals surface area contributed by atoms with E-state index in [1.807, 2.05) is 30.3 Å². The van der Waals surface area contributed by atoms with Crippen molar-refractivity contribution in [3.63, 3.8) is 0 Å². The van der Waals surface area contributed by atoms with E-state index in [4.69, 9.17) is 4.74 Å². The zero-order valence-corrected chi connectivity index (χ0v) is 13.2. The van der Waals surface area contributed by atoms with Gasteiger partial charge < -0.3 is 9.84 Å². The Morgan fingerprint density at radius 1 is 0.957 bits per heavy atom. The lowest BCUT2D eigenvalue weighted by atomic mass is 9.83. The second kappa shape index (κ2) is 5.79. The van der Waals surface area contributed by atoms with E-state index in [9.17, 15) is 18.3 Å². The molecule has 1 saturated heterocycles. The Morgan fingerprint density at radius 3 is 2.13 bits per heavy atom. The lowest BCUT2D eigenvalue weighted by Crippen LogP contribution is -2.17. The summed E-state index contributed by atoms with van der Waals surface area (Å²) in [7, 11) is -3.29. The van der Waals surface area contributed by atoms with E-state index in [0.29, 0.717) is 5.56 Å². The van der Waals surface area contributed by atoms with Crippen molar-refractivity contribution in [3.8, 4) is 0 Å². The maximum absolute atomic E-state index is 12.1. The lowest BCUT2D eigenvalue weighted by Gasteiger charge is -2.18. The van der Waals surface area contributed by atoms with E-state index in [1.165, 1.54) is 12.1 Å². The average molecular weight is 332 g/mol. The zero-order valence-electron chi connectivity index (χ0n) is 12.4. The second-order valence-electron chi connectivity index (χ2n) is 5.58. The van der Waals surface area contributed by atoms with Gasteiger partial charge in [0.2, 0.25) is 6.29 Å². The van der Waals surface area contributed by atoms with Crippen LogP contribution >= 0.6 is 0 Å². The highest BCUT2D eigenvalue weighted by Gasteiger charge is 2.45. The number of carbonyl (C=O) groups is 1. The van der Waals surface area contributed by atoms with Crippen LogP contribution in [0.5, 0.6) is 0 Å². The number of benzene rings is 2. The van der Waals surface area contributed by atoms with Gasteiger partial charge in [-0.25, -0.2) is 8.42 Å². The molecule has 1 aliphatic heterocycles. The van der Waals surface area contributed by atoms with E-state index >= 15 is 0 Å². The number of aliphatic hydroxyl groups excluding tert-OH is 1. The maximum atomic E-state index is 12.1. The third-order valence-electron chi connectivity index (χ3n) is 4.01. The Balaban J connectivity index is 2.01. The van der Waals surface area contributed by atoms with Crippen LogP contribution in [0.25, 0.3) is 0 Å². The van der Waals surface area contributed by atoms with Crippen molar-refractivity contribution in [2.75, 3.05) is 6.26 Å². The molecule has 3 atom stereocenters. The third kappa shape index (κ3) is 3.00. The van der Waals surface area contributed by atoms with Crippen molar-refractivity contribution in [2.24, 2.45) is 0 Å². The summed E-state index contributed by atoms with van der Waals surface area (Å²) in [4.78, 5) is 12.3. The van der Waals surface area contributed by atoms with Crippen LogP contribution in [0.1, 0.15) is 23.0 Å². The van der Waals surface area contributed by atoms with Crippen LogP contribution in [-0.4, -0.2) is 32.0 Å². The van der Waals surface area contributed by atoms with E-state index in [2.05, 4.69) is 0 Å². The predicted molar refractivity (Wildman–Crippen MR) is 83.6 cm³/mol. The van der Waals surface area contributed by atoms with Crippen LogP contribution in [0.4, 0.5) is 0 Å². The first kappa shape index (κ1) is 15.7. The molecule has 1 N–H and O–H groups in total. The topological polar surface area (TPSA) is 80.7 Å². The highest BCUT2D eigenvalue weighted by Crippen LogP contribution is 2.42. The molecule has 3 rings (SSSR count). The summed E-state index contributed by atoms with van der Waals surface area (Å²) in [6.07, 6.45) is -0.122. The van der Waals surface area contributed by atoms with Crippen LogP contribution in [0.2, 0.25) is 0 Å². The number of esters is 1. The number of cyclic esters (lactones) is 1. The van der Waals surface area contributed by atoms with Gasteiger partial charge in [0.25, 0.3) is 0 Å². The molecule has 6 heteroatoms. The first-order valence-corrected chi connectivity index (χ1v) is 9.00. The van der Waals surface area contributed by atoms with Gasteiger partial charge in [-0.05, 0) is 23.3 Å². The van der Waals surface area contributed by atoms with Crippen molar-refractivity contribution in [1.82, 2.24) is 0 Å². The minimum Gasteiger partial charge on any atom is -0.435 e. The van der Waals surface area contributed by atoms with Crippen LogP contribution in [0.15, 0.2) is 59.5 Å². The fourth-order valence-corrected chi connectivity index (χ4v) is 3.51. The molecule has 0 aliphatic carbocycles. The van der Waals surface area contributed by atoms with Crippen molar-refractivity contribution in [3.05, 3.63) is 65.7 Å². The Hall–Kier alpha value is -2.18. The number of aliphatic hydroxyl groups is 1. The lowest BCUT2D eigenvalue weighted by molar-refractivity contribution is -0.154. The van der Waals surface area contributed by atoms with Crippen LogP contribution < -0.4 is 0 Å². The number of rotatable bonds is 3. The summed E-state index contributed by atoms with van der Waals surface area (Å²) < 4.78 is 28.1. The molecule has 0 amide bonds. The van der Waals surface area contributed by atoms with E-state index in [1.54, 1.807) is 12.1 Å². The van der Waals surface area contributed by atoms with Crippen molar-refractivity contribution in [1.29, 1.82) is 0 Å². The Kier molecular flexibility index (Phi) is 3.95. The molecule has 2 aromatic rings. The summed E-state index contributed by atoms with van der Waals surface area (Å²) in [6, 6.07) is 15.3. The quantitative estimate of drug-likeness (QED) is 0.868. The number of sulfone groups is 1. The largest absolute Gasteiger partial charge is 0.435 e. The highest BCUT2D eigenvalue weighted by molar-refractivity contribution is 7.90. The molecule has 3 unspecified atom stereocenters. The van der Waals surface area contributed by atoms with E-state index in [-0.39, 0.29) is 4.90 Å². The molecule has 120 valence electrons. The van der Waals surface area contributed by atoms with Gasteiger partial charge in [0.05, 0.1) is 16.7 Å². The molecular formula is C17H16O5S. The number of hydrogen-bond donors (Lipinski definition) is 1. The minimum atomic E-state index is -3.29. The first-order valence-electron chi connectivity index (χ1n) is 7.11. The summed E-state index contributed by atoms with van der Waals surface area (Å²) in [5, 5.41) is 10.1. The SMILES string of the molecule is CS(=O)(=O)c1ccc(C2C(O)OC(=O)C2c2ccccc2)cc1. The molecule has 1 aliphatic rings. The minimum absolute atomic E-state index is 0.192. The molecule has 0 spiro atoms. The molecule has 23 heavy (non-hydrogen) atoms. The Labute approximate surface area is 134 Å². The zero-order chi connectivity index (χ0) is 16.6. The predicted octanol–water partition coefficient (Wildman–Crippen LogP) is 1.83. The van der Waals surface area contributed by atoms with Gasteiger partial charge in [-0.3, -0.25) is 4.79 Å². The summed E-state index contributed by atoms with van der Waals surface area (Å²) in [5.41, 5.74) is 1.41. The molecule has 1 fully saturated rings. The molecule has 0 bridgehead atoms. The van der Waals surface area contributed by atoms with Crippen LogP contribution in [0.3, 0.4) is 0 Å². The standard InChI is InChI=1S/C17H16O5S/c1-23(20,21)13-9-7-12(8-10-13)15-14(16(18)22-17(15)19)11-5-3-2-4-6-11/h2-10,14-15,17,19H,1H3. The highest BCUT2D eigenvalue weighted by atomic mass is 32.2. The molecular weight excluding hydrogens is 316 g/mol. The molecule has 1 heterocycles. The van der Waals surface area contributed by atoms with Gasteiger partial charge in [0.15, 0.2) is 9.84 Å². The molecule has 0 saturated carbocycles.